The van der Waals surface area contributed by atoms with Crippen LogP contribution in [0.5, 0.6) is 0 Å². The second-order valence-corrected chi connectivity index (χ2v) is 7.50. The summed E-state index contributed by atoms with van der Waals surface area (Å²) in [7, 11) is 0. The molecule has 1 aromatic carbocycles. The maximum atomic E-state index is 4.84. The summed E-state index contributed by atoms with van der Waals surface area (Å²) in [6, 6.07) is 14.3. The fourth-order valence-corrected chi connectivity index (χ4v) is 4.66. The van der Waals surface area contributed by atoms with Crippen LogP contribution in [0.3, 0.4) is 0 Å². The van der Waals surface area contributed by atoms with Crippen molar-refractivity contribution in [3.63, 3.8) is 0 Å². The number of fused-ring (bicyclic) bond motifs is 1. The lowest BCUT2D eigenvalue weighted by molar-refractivity contribution is 0.127. The van der Waals surface area contributed by atoms with E-state index in [1.54, 1.807) is 0 Å². The highest BCUT2D eigenvalue weighted by Crippen LogP contribution is 2.37. The van der Waals surface area contributed by atoms with E-state index in [1.807, 2.05) is 18.5 Å². The van der Waals surface area contributed by atoms with Gasteiger partial charge in [0.25, 0.3) is 0 Å². The van der Waals surface area contributed by atoms with Gasteiger partial charge in [-0.15, -0.1) is 0 Å². The third-order valence-corrected chi connectivity index (χ3v) is 5.96. The summed E-state index contributed by atoms with van der Waals surface area (Å²) in [6.45, 7) is 2.23. The molecule has 5 rings (SSSR count). The van der Waals surface area contributed by atoms with E-state index in [4.69, 9.17) is 4.98 Å². The number of H-pyrrole nitrogens is 1. The molecule has 0 bridgehead atoms. The lowest BCUT2D eigenvalue weighted by Gasteiger charge is -2.38. The molecule has 2 aliphatic heterocycles. The van der Waals surface area contributed by atoms with Crippen molar-refractivity contribution in [1.29, 1.82) is 0 Å². The van der Waals surface area contributed by atoms with E-state index < -0.39 is 0 Å². The van der Waals surface area contributed by atoms with Gasteiger partial charge in [0.2, 0.25) is 0 Å². The molecule has 5 heteroatoms. The predicted octanol–water partition coefficient (Wildman–Crippen LogP) is 3.59. The second-order valence-electron chi connectivity index (χ2n) is 7.50. The Balaban J connectivity index is 1.38. The zero-order valence-electron chi connectivity index (χ0n) is 14.9. The molecular weight excluding hydrogens is 322 g/mol. The van der Waals surface area contributed by atoms with E-state index in [0.29, 0.717) is 18.1 Å². The number of hydrogen-bond acceptors (Lipinski definition) is 4. The minimum Gasteiger partial charge on any atom is -0.359 e. The summed E-state index contributed by atoms with van der Waals surface area (Å²) < 4.78 is 0. The van der Waals surface area contributed by atoms with Crippen molar-refractivity contribution in [3.05, 3.63) is 60.2 Å². The van der Waals surface area contributed by atoms with E-state index >= 15 is 0 Å². The van der Waals surface area contributed by atoms with Gasteiger partial charge in [0, 0.05) is 18.3 Å². The molecule has 0 spiro atoms. The van der Waals surface area contributed by atoms with Crippen molar-refractivity contribution in [2.75, 3.05) is 13.1 Å². The Morgan fingerprint density at radius 3 is 2.92 bits per heavy atom. The van der Waals surface area contributed by atoms with Crippen LogP contribution >= 0.6 is 0 Å². The van der Waals surface area contributed by atoms with Crippen LogP contribution in [0.2, 0.25) is 0 Å². The Hall–Kier alpha value is -2.24. The number of likely N-dealkylation sites (tertiary alicyclic amines) is 1. The highest BCUT2D eigenvalue weighted by molar-refractivity contribution is 5.73. The number of piperidine rings is 1. The van der Waals surface area contributed by atoms with Crippen LogP contribution in [-0.2, 0) is 0 Å². The van der Waals surface area contributed by atoms with Crippen molar-refractivity contribution in [3.8, 4) is 0 Å². The van der Waals surface area contributed by atoms with Crippen LogP contribution in [0.1, 0.15) is 49.2 Å². The largest absolute Gasteiger partial charge is 0.359 e. The second kappa shape index (κ2) is 6.82. The van der Waals surface area contributed by atoms with Crippen molar-refractivity contribution >= 4 is 11.0 Å². The summed E-state index contributed by atoms with van der Waals surface area (Å²) in [5.41, 5.74) is 3.44. The van der Waals surface area contributed by atoms with Crippen LogP contribution in [0.15, 0.2) is 48.8 Å². The maximum absolute atomic E-state index is 4.84. The standard InChI is InChI=1S/C21H25N5/c1-2-5-15(6-3-1)18-13-16(8-10-22-18)26-12-4-7-20(26)21-24-14-19-17(25-21)9-11-23-19/h1-3,5-6,9,11,14,16,18,20,22-23H,4,7-8,10,12-13H2. The van der Waals surface area contributed by atoms with Gasteiger partial charge < -0.3 is 10.3 Å². The number of rotatable bonds is 3. The van der Waals surface area contributed by atoms with Gasteiger partial charge in [-0.05, 0) is 50.4 Å². The molecule has 0 aliphatic carbocycles. The average Bonchev–Trinajstić information content (AvgIpc) is 3.37. The summed E-state index contributed by atoms with van der Waals surface area (Å²) >= 11 is 0. The van der Waals surface area contributed by atoms with Gasteiger partial charge in [-0.3, -0.25) is 4.90 Å². The highest BCUT2D eigenvalue weighted by Gasteiger charge is 2.36. The van der Waals surface area contributed by atoms with Crippen LogP contribution in [0.4, 0.5) is 0 Å². The Morgan fingerprint density at radius 1 is 1.08 bits per heavy atom. The van der Waals surface area contributed by atoms with E-state index in [0.717, 1.165) is 42.8 Å². The van der Waals surface area contributed by atoms with E-state index in [2.05, 4.69) is 50.5 Å². The van der Waals surface area contributed by atoms with E-state index in [-0.39, 0.29) is 0 Å². The molecule has 26 heavy (non-hydrogen) atoms. The van der Waals surface area contributed by atoms with E-state index in [9.17, 15) is 0 Å². The number of aromatic nitrogens is 3. The minimum absolute atomic E-state index is 0.355. The molecule has 134 valence electrons. The first-order valence-corrected chi connectivity index (χ1v) is 9.72. The van der Waals surface area contributed by atoms with Gasteiger partial charge in [-0.25, -0.2) is 9.97 Å². The Labute approximate surface area is 153 Å². The smallest absolute Gasteiger partial charge is 0.146 e. The fraction of sp³-hybridized carbons (Fsp3) is 0.429. The Kier molecular flexibility index (Phi) is 4.19. The molecule has 2 saturated heterocycles. The normalized spacial score (nSPS) is 27.2. The molecule has 3 aromatic rings. The van der Waals surface area contributed by atoms with Crippen molar-refractivity contribution in [2.45, 2.75) is 43.8 Å². The maximum Gasteiger partial charge on any atom is 0.146 e. The van der Waals surface area contributed by atoms with Crippen molar-refractivity contribution < 1.29 is 0 Å². The predicted molar refractivity (Wildman–Crippen MR) is 103 cm³/mol. The van der Waals surface area contributed by atoms with Crippen molar-refractivity contribution in [1.82, 2.24) is 25.2 Å². The number of benzene rings is 1. The summed E-state index contributed by atoms with van der Waals surface area (Å²) in [4.78, 5) is 15.4. The number of hydrogen-bond donors (Lipinski definition) is 2. The molecule has 3 atom stereocenters. The van der Waals surface area contributed by atoms with E-state index in [1.165, 1.54) is 18.4 Å². The molecule has 3 unspecified atom stereocenters. The van der Waals surface area contributed by atoms with Gasteiger partial charge in [0.15, 0.2) is 0 Å². The zero-order chi connectivity index (χ0) is 17.3. The topological polar surface area (TPSA) is 56.8 Å². The average molecular weight is 347 g/mol. The lowest BCUT2D eigenvalue weighted by Crippen LogP contribution is -2.44. The quantitative estimate of drug-likeness (QED) is 0.760. The molecular formula is C21H25N5. The SMILES string of the molecule is c1ccc(C2CC(N3CCCC3c3ncc4[nH]ccc4n3)CCN2)cc1. The molecule has 2 fully saturated rings. The van der Waals surface area contributed by atoms with Gasteiger partial charge in [0.05, 0.1) is 23.3 Å². The molecule has 2 N–H and O–H groups in total. The number of nitrogens with zero attached hydrogens (tertiary/aromatic N) is 3. The first kappa shape index (κ1) is 16.0. The highest BCUT2D eigenvalue weighted by atomic mass is 15.2. The van der Waals surface area contributed by atoms with Crippen LogP contribution in [0, 0.1) is 0 Å². The van der Waals surface area contributed by atoms with Gasteiger partial charge in [-0.1, -0.05) is 30.3 Å². The number of nitrogens with one attached hydrogen (secondary N) is 2. The Bertz CT molecular complexity index is 874. The third-order valence-electron chi connectivity index (χ3n) is 5.96. The third kappa shape index (κ3) is 2.91. The molecule has 4 heterocycles. The zero-order valence-corrected chi connectivity index (χ0v) is 14.9. The first-order valence-electron chi connectivity index (χ1n) is 9.72. The Morgan fingerprint density at radius 2 is 2.00 bits per heavy atom. The summed E-state index contributed by atoms with van der Waals surface area (Å²) in [5.74, 6) is 0.990. The van der Waals surface area contributed by atoms with Crippen LogP contribution in [-0.4, -0.2) is 39.0 Å². The first-order chi connectivity index (χ1) is 12.9. The monoisotopic (exact) mass is 347 g/mol. The molecule has 0 saturated carbocycles. The van der Waals surface area contributed by atoms with Gasteiger partial charge >= 0.3 is 0 Å². The van der Waals surface area contributed by atoms with Crippen LogP contribution < -0.4 is 5.32 Å². The molecule has 0 radical (unpaired) electrons. The molecule has 5 nitrogen and oxygen atoms in total. The molecule has 2 aromatic heterocycles. The summed E-state index contributed by atoms with van der Waals surface area (Å²) in [5, 5.41) is 3.70. The van der Waals surface area contributed by atoms with Gasteiger partial charge in [-0.2, -0.15) is 0 Å². The van der Waals surface area contributed by atoms with Gasteiger partial charge in [0.1, 0.15) is 5.82 Å². The number of aromatic amines is 1. The van der Waals surface area contributed by atoms with Crippen molar-refractivity contribution in [2.24, 2.45) is 0 Å². The fourth-order valence-electron chi connectivity index (χ4n) is 4.66. The molecule has 2 aliphatic rings. The molecule has 0 amide bonds. The lowest BCUT2D eigenvalue weighted by atomic mass is 9.92. The van der Waals surface area contributed by atoms with Crippen LogP contribution in [0.25, 0.3) is 11.0 Å². The minimum atomic E-state index is 0.355. The summed E-state index contributed by atoms with van der Waals surface area (Å²) in [6.07, 6.45) is 8.63.